The minimum Gasteiger partial charge on any atom is -0.458 e. The first-order valence-electron chi connectivity index (χ1n) is 27.1. The van der Waals surface area contributed by atoms with Crippen LogP contribution in [-0.4, -0.2) is 87.8 Å². The van der Waals surface area contributed by atoms with E-state index in [1.165, 1.54) is 15.5 Å². The van der Waals surface area contributed by atoms with Crippen molar-refractivity contribution in [1.82, 2.24) is 30.4 Å². The number of carbonyl (C=O) groups excluding carboxylic acids is 6. The Hall–Kier alpha value is -8.69. The number of halogens is 1. The highest BCUT2D eigenvalue weighted by Crippen LogP contribution is 2.47. The van der Waals surface area contributed by atoms with Crippen LogP contribution in [0, 0.1) is 18.7 Å². The van der Waals surface area contributed by atoms with Crippen LogP contribution in [0.4, 0.5) is 24.5 Å². The first kappa shape index (κ1) is 55.6. The molecule has 4 aliphatic rings. The van der Waals surface area contributed by atoms with Gasteiger partial charge in [0, 0.05) is 54.3 Å². The Morgan fingerprint density at radius 1 is 0.951 bits per heavy atom. The number of amides is 6. The van der Waals surface area contributed by atoms with Crippen LogP contribution in [0.15, 0.2) is 83.7 Å². The largest absolute Gasteiger partial charge is 0.458 e. The summed E-state index contributed by atoms with van der Waals surface area (Å²) >= 11 is 0. The Labute approximate surface area is 465 Å². The van der Waals surface area contributed by atoms with E-state index in [9.17, 15) is 38.7 Å². The molecule has 81 heavy (non-hydrogen) atoms. The molecule has 2 aliphatic heterocycles. The molecular weight excluding hydrogens is 1040 g/mol. The second kappa shape index (κ2) is 22.4. The van der Waals surface area contributed by atoms with Gasteiger partial charge in [0.2, 0.25) is 11.8 Å². The zero-order chi connectivity index (χ0) is 57.6. The summed E-state index contributed by atoms with van der Waals surface area (Å²) in [7, 11) is 1.56. The average molecular weight is 1110 g/mol. The van der Waals surface area contributed by atoms with Gasteiger partial charge in [0.15, 0.2) is 5.60 Å². The van der Waals surface area contributed by atoms with E-state index >= 15 is 4.39 Å². The first-order valence-corrected chi connectivity index (χ1v) is 27.1. The van der Waals surface area contributed by atoms with Crippen molar-refractivity contribution >= 4 is 52.6 Å². The van der Waals surface area contributed by atoms with Crippen LogP contribution in [0.3, 0.4) is 0 Å². The zero-order valence-corrected chi connectivity index (χ0v) is 45.6. The van der Waals surface area contributed by atoms with Gasteiger partial charge in [-0.1, -0.05) is 75.4 Å². The van der Waals surface area contributed by atoms with Crippen LogP contribution < -0.4 is 38.3 Å². The molecule has 4 atom stereocenters. The third-order valence-corrected chi connectivity index (χ3v) is 16.2. The monoisotopic (exact) mass is 1110 g/mol. The van der Waals surface area contributed by atoms with Gasteiger partial charge in [-0.05, 0) is 113 Å². The Morgan fingerprint density at radius 2 is 1.67 bits per heavy atom. The fraction of sp³-hybridized carbons (Fsp3) is 0.367. The van der Waals surface area contributed by atoms with E-state index in [1.54, 1.807) is 59.0 Å². The van der Waals surface area contributed by atoms with E-state index in [0.29, 0.717) is 68.5 Å². The SMILES string of the molecule is CC[C@@]1(O)C(=O)OCc2c1cc1n(c2=O)Cc2c-1nc1cc(F)c(C)c3c1c2[C@@H](NC(=O)OCc1ccc(NC(=O)[C@H](CCCNC(N)=O)NC(=O)[C@@H](N)C(C)C)cc1CN(C)C(=O)OCC1c2ccccc2-c2ccccc21)CC3. The second-order valence-electron chi connectivity index (χ2n) is 21.5. The number of nitrogens with one attached hydrogen (secondary N) is 4. The molecule has 10 rings (SSSR count). The molecule has 0 saturated heterocycles. The van der Waals surface area contributed by atoms with E-state index < -0.39 is 71.1 Å². The molecule has 0 fully saturated rings. The summed E-state index contributed by atoms with van der Waals surface area (Å²) in [6.45, 7) is 6.39. The van der Waals surface area contributed by atoms with Crippen molar-refractivity contribution in [3.63, 3.8) is 0 Å². The highest BCUT2D eigenvalue weighted by molar-refractivity contribution is 5.98. The average Bonchev–Trinajstić information content (AvgIpc) is 4.18. The predicted octanol–water partition coefficient (Wildman–Crippen LogP) is 6.68. The van der Waals surface area contributed by atoms with Crippen LogP contribution in [0.2, 0.25) is 0 Å². The molecule has 4 heterocycles. The molecule has 422 valence electrons. The lowest BCUT2D eigenvalue weighted by molar-refractivity contribution is -0.172. The molecule has 0 unspecified atom stereocenters. The van der Waals surface area contributed by atoms with Gasteiger partial charge in [0.25, 0.3) is 5.56 Å². The van der Waals surface area contributed by atoms with Gasteiger partial charge in [0.05, 0.1) is 41.1 Å². The fourth-order valence-corrected chi connectivity index (χ4v) is 11.6. The lowest BCUT2D eigenvalue weighted by atomic mass is 9.81. The van der Waals surface area contributed by atoms with Crippen LogP contribution >= 0.6 is 0 Å². The molecule has 6 amide bonds. The van der Waals surface area contributed by atoms with Crippen molar-refractivity contribution in [2.24, 2.45) is 17.4 Å². The van der Waals surface area contributed by atoms with Crippen molar-refractivity contribution in [1.29, 1.82) is 0 Å². The minimum absolute atomic E-state index is 0.0329. The number of primary amides is 1. The number of ether oxygens (including phenoxy) is 3. The number of urea groups is 1. The van der Waals surface area contributed by atoms with Crippen LogP contribution in [0.25, 0.3) is 33.4 Å². The minimum atomic E-state index is -2.07. The third-order valence-electron chi connectivity index (χ3n) is 16.2. The number of anilines is 1. The van der Waals surface area contributed by atoms with E-state index in [0.717, 1.165) is 22.3 Å². The molecule has 20 nitrogen and oxygen atoms in total. The molecule has 4 aromatic carbocycles. The Kier molecular flexibility index (Phi) is 15.4. The molecule has 0 saturated carbocycles. The topological polar surface area (TPSA) is 289 Å². The zero-order valence-electron chi connectivity index (χ0n) is 45.6. The molecule has 6 aromatic rings. The van der Waals surface area contributed by atoms with Crippen LogP contribution in [0.5, 0.6) is 0 Å². The van der Waals surface area contributed by atoms with Crippen LogP contribution in [-0.2, 0) is 66.9 Å². The first-order chi connectivity index (χ1) is 38.8. The standard InChI is InChI=1S/C60H64FN9O11/c1-6-60(78)43-23-48-52-40(26-70(48)55(73)42(43)29-79-56(60)74)50-45(20-19-35-31(4)44(61)24-47(66-52)49(35)50)68-58(76)80-27-32-17-18-34(65-53(71)46(16-11-21-64-57(63)75)67-54(72)51(62)30(2)3)22-33(32)25-69(5)59(77)81-28-41-38-14-9-7-12-36(38)37-13-8-10-15-39(37)41/h7-10,12-15,17-18,22-24,30,41,45-46,51,78H,6,11,16,19-21,25-29,62H2,1-5H3,(H,65,71)(H,67,72)(H,68,76)(H3,63,64,75)/t45-,46-,51-,60-/m0/s1. The van der Waals surface area contributed by atoms with Gasteiger partial charge in [-0.15, -0.1) is 0 Å². The summed E-state index contributed by atoms with van der Waals surface area (Å²) in [6, 6.07) is 20.3. The van der Waals surface area contributed by atoms with E-state index in [4.69, 9.17) is 30.7 Å². The number of carbonyl (C=O) groups is 6. The van der Waals surface area contributed by atoms with Gasteiger partial charge in [0.1, 0.15) is 31.7 Å². The van der Waals surface area contributed by atoms with E-state index in [2.05, 4.69) is 21.3 Å². The van der Waals surface area contributed by atoms with Crippen LogP contribution in [0.1, 0.15) is 114 Å². The summed E-state index contributed by atoms with van der Waals surface area (Å²) in [5, 5.41) is 23.3. The molecular formula is C60H64FN9O11. The van der Waals surface area contributed by atoms with Crippen molar-refractivity contribution < 1.29 is 52.5 Å². The van der Waals surface area contributed by atoms with Gasteiger partial charge >= 0.3 is 24.2 Å². The summed E-state index contributed by atoms with van der Waals surface area (Å²) in [4.78, 5) is 100. The number of pyridine rings is 2. The lowest BCUT2D eigenvalue weighted by Gasteiger charge is -2.31. The molecule has 2 aromatic heterocycles. The fourth-order valence-electron chi connectivity index (χ4n) is 11.6. The van der Waals surface area contributed by atoms with Gasteiger partial charge in [-0.3, -0.25) is 14.4 Å². The number of esters is 1. The summed E-state index contributed by atoms with van der Waals surface area (Å²) in [5.74, 6) is -2.89. The Bertz CT molecular complexity index is 3600. The number of aliphatic hydroxyl groups is 1. The number of alkyl carbamates (subject to hydrolysis) is 1. The maximum atomic E-state index is 15.6. The number of cyclic esters (lactones) is 1. The Morgan fingerprint density at radius 3 is 2.36 bits per heavy atom. The molecule has 9 N–H and O–H groups in total. The number of nitrogens with two attached hydrogens (primary N) is 2. The quantitative estimate of drug-likeness (QED) is 0.0285. The lowest BCUT2D eigenvalue weighted by Crippen LogP contribution is -2.51. The molecule has 21 heteroatoms. The van der Waals surface area contributed by atoms with Crippen molar-refractivity contribution in [3.05, 3.63) is 151 Å². The highest BCUT2D eigenvalue weighted by Gasteiger charge is 2.46. The van der Waals surface area contributed by atoms with Crippen molar-refractivity contribution in [2.75, 3.05) is 25.5 Å². The third kappa shape index (κ3) is 10.5. The van der Waals surface area contributed by atoms with E-state index in [1.807, 2.05) is 48.5 Å². The normalized spacial score (nSPS) is 17.1. The number of fused-ring (bicyclic) bond motifs is 8. The number of hydrogen-bond donors (Lipinski definition) is 7. The smallest absolute Gasteiger partial charge is 0.409 e. The van der Waals surface area contributed by atoms with Gasteiger partial charge in [-0.25, -0.2) is 28.6 Å². The van der Waals surface area contributed by atoms with E-state index in [-0.39, 0.29) is 87.4 Å². The number of hydrogen-bond acceptors (Lipinski definition) is 13. The molecule has 0 spiro atoms. The predicted molar refractivity (Wildman–Crippen MR) is 297 cm³/mol. The summed E-state index contributed by atoms with van der Waals surface area (Å²) < 4.78 is 34.4. The number of rotatable bonds is 17. The maximum absolute atomic E-state index is 15.6. The number of aryl methyl sites for hydroxylation is 1. The number of nitrogens with zero attached hydrogens (tertiary/aromatic N) is 3. The van der Waals surface area contributed by atoms with Crippen molar-refractivity contribution in [2.45, 2.75) is 116 Å². The summed E-state index contributed by atoms with van der Waals surface area (Å²) in [6.07, 6.45) is -0.403. The summed E-state index contributed by atoms with van der Waals surface area (Å²) in [5.41, 5.74) is 17.9. The van der Waals surface area contributed by atoms with Gasteiger partial charge in [-0.2, -0.15) is 0 Å². The van der Waals surface area contributed by atoms with Gasteiger partial charge < -0.3 is 61.5 Å². The maximum Gasteiger partial charge on any atom is 0.409 e. The molecule has 2 aliphatic carbocycles. The number of benzene rings is 4. The molecule has 0 radical (unpaired) electrons. The van der Waals surface area contributed by atoms with Crippen molar-refractivity contribution in [3.8, 4) is 22.5 Å². The Balaban J connectivity index is 0.918. The number of aromatic nitrogens is 2. The second-order valence-corrected chi connectivity index (χ2v) is 21.5. The molecule has 0 bridgehead atoms. The highest BCUT2D eigenvalue weighted by atomic mass is 19.1.